The molecule has 1 N–H and O–H groups in total. The summed E-state index contributed by atoms with van der Waals surface area (Å²) >= 11 is 0. The number of carbonyl (C=O) groups is 1. The van der Waals surface area contributed by atoms with Gasteiger partial charge in [-0.3, -0.25) is 0 Å². The molecule has 0 aliphatic carbocycles. The first kappa shape index (κ1) is 17.2. The molecule has 0 aliphatic heterocycles. The van der Waals surface area contributed by atoms with Crippen LogP contribution in [-0.4, -0.2) is 48.4 Å². The van der Waals surface area contributed by atoms with Gasteiger partial charge in [-0.1, -0.05) is 60.7 Å². The third-order valence-electron chi connectivity index (χ3n) is 4.46. The Morgan fingerprint density at radius 1 is 0.967 bits per heavy atom. The van der Waals surface area contributed by atoms with Gasteiger partial charge in [-0.05, 0) is 11.1 Å². The number of carboxylic acid groups (broad SMARTS) is 1. The lowest BCUT2D eigenvalue weighted by molar-refractivity contribution is -0.160. The number of benzene rings is 2. The molecule has 0 saturated heterocycles. The molecule has 156 valence electrons. The molecule has 0 unspecified atom stereocenters. The summed E-state index contributed by atoms with van der Waals surface area (Å²) in [4.78, 5) is 20.6. The summed E-state index contributed by atoms with van der Waals surface area (Å²) in [6.07, 6.45) is -1.92. The van der Waals surface area contributed by atoms with Gasteiger partial charge < -0.3 is 24.1 Å². The molecule has 0 bridgehead atoms. The van der Waals surface area contributed by atoms with E-state index >= 15 is 0 Å². The zero-order chi connectivity index (χ0) is 24.1. The molecule has 1 atom stereocenters. The zero-order valence-electron chi connectivity index (χ0n) is 19.3. The third kappa shape index (κ3) is 4.04. The lowest BCUT2D eigenvalue weighted by Crippen LogP contribution is -2.50. The van der Waals surface area contributed by atoms with E-state index in [1.807, 2.05) is 0 Å². The highest BCUT2D eigenvalue weighted by Gasteiger charge is 2.49. The van der Waals surface area contributed by atoms with Crippen LogP contribution in [0.5, 0.6) is 17.8 Å². The number of hydrogen-bond donors (Lipinski definition) is 1. The van der Waals surface area contributed by atoms with Crippen LogP contribution in [0.1, 0.15) is 15.2 Å². The molecule has 3 rings (SSSR count). The Morgan fingerprint density at radius 3 is 1.87 bits per heavy atom. The van der Waals surface area contributed by atoms with E-state index in [1.165, 1.54) is 20.3 Å². The van der Waals surface area contributed by atoms with E-state index in [0.717, 1.165) is 0 Å². The summed E-state index contributed by atoms with van der Waals surface area (Å²) in [7, 11) is -0.276. The molecule has 30 heavy (non-hydrogen) atoms. The first-order valence-corrected chi connectivity index (χ1v) is 8.87. The number of carboxylic acids is 1. The van der Waals surface area contributed by atoms with Crippen LogP contribution in [0.3, 0.4) is 0 Å². The Hall–Kier alpha value is -3.65. The highest BCUT2D eigenvalue weighted by Crippen LogP contribution is 2.38. The van der Waals surface area contributed by atoms with Crippen LogP contribution in [0.25, 0.3) is 0 Å². The average Bonchev–Trinajstić information content (AvgIpc) is 2.81. The van der Waals surface area contributed by atoms with Crippen LogP contribution in [0, 0.1) is 0 Å². The maximum absolute atomic E-state index is 12.6. The molecule has 1 heterocycles. The SMILES string of the molecule is [2H][13C]([2H])([2H])OC(c1ccccc1)(c1ccccc1)[C@H](Oc1nc(OC)cc(OC)n1)C(=O)O. The topological polar surface area (TPSA) is 100 Å². The van der Waals surface area contributed by atoms with E-state index in [1.54, 1.807) is 60.7 Å². The number of rotatable bonds is 9. The zero-order valence-corrected chi connectivity index (χ0v) is 16.3. The second-order valence-corrected chi connectivity index (χ2v) is 6.14. The van der Waals surface area contributed by atoms with Crippen LogP contribution < -0.4 is 14.2 Å². The molecular formula is C22H22N2O6. The summed E-state index contributed by atoms with van der Waals surface area (Å²) in [5.74, 6) is -1.39. The Bertz CT molecular complexity index is 1020. The molecule has 0 fully saturated rings. The fourth-order valence-corrected chi connectivity index (χ4v) is 3.07. The van der Waals surface area contributed by atoms with Crippen molar-refractivity contribution in [2.45, 2.75) is 11.7 Å². The second-order valence-electron chi connectivity index (χ2n) is 6.14. The molecule has 0 saturated carbocycles. The van der Waals surface area contributed by atoms with E-state index in [2.05, 4.69) is 9.97 Å². The van der Waals surface area contributed by atoms with Crippen molar-refractivity contribution in [1.29, 1.82) is 0 Å². The van der Waals surface area contributed by atoms with Crippen molar-refractivity contribution in [3.63, 3.8) is 0 Å². The van der Waals surface area contributed by atoms with E-state index in [0.29, 0.717) is 0 Å². The highest BCUT2D eigenvalue weighted by atomic mass is 16.6. The molecule has 1 aromatic heterocycles. The van der Waals surface area contributed by atoms with Crippen LogP contribution >= 0.6 is 0 Å². The summed E-state index contributed by atoms with van der Waals surface area (Å²) in [6.45, 7) is 0. The first-order chi connectivity index (χ1) is 15.7. The van der Waals surface area contributed by atoms with Crippen LogP contribution in [-0.2, 0) is 15.1 Å². The van der Waals surface area contributed by atoms with Crippen molar-refractivity contribution in [1.82, 2.24) is 9.97 Å². The minimum Gasteiger partial charge on any atom is -0.481 e. The Morgan fingerprint density at radius 2 is 1.47 bits per heavy atom. The lowest BCUT2D eigenvalue weighted by atomic mass is 9.81. The smallest absolute Gasteiger partial charge is 0.348 e. The van der Waals surface area contributed by atoms with Gasteiger partial charge in [0, 0.05) is 7.04 Å². The quantitative estimate of drug-likeness (QED) is 0.534. The molecular weight excluding hydrogens is 389 g/mol. The summed E-state index contributed by atoms with van der Waals surface area (Å²) in [6, 6.07) is 17.2. The Kier molecular flexibility index (Phi) is 5.30. The number of aromatic nitrogens is 2. The Balaban J connectivity index is 2.27. The van der Waals surface area contributed by atoms with E-state index in [-0.39, 0.29) is 22.9 Å². The molecule has 2 aromatic carbocycles. The third-order valence-corrected chi connectivity index (χ3v) is 4.46. The standard InChI is InChI=1S/C22H22N2O6/c1-27-17-14-18(28-2)24-21(23-17)30-19(20(25)26)22(29-3,15-10-6-4-7-11-15)16-12-8-5-9-13-16/h4-14,19H,1-3H3,(H,25,26)/t19-/m1/s1/i3+1D3. The number of nitrogens with zero attached hydrogens (tertiary/aromatic N) is 2. The summed E-state index contributed by atoms with van der Waals surface area (Å²) in [5.41, 5.74) is -1.61. The van der Waals surface area contributed by atoms with Gasteiger partial charge in [-0.15, -0.1) is 0 Å². The van der Waals surface area contributed by atoms with Gasteiger partial charge in [0.15, 0.2) is 5.60 Å². The van der Waals surface area contributed by atoms with Crippen LogP contribution in [0.2, 0.25) is 0 Å². The minimum absolute atomic E-state index is 0.0581. The van der Waals surface area contributed by atoms with Crippen LogP contribution in [0.15, 0.2) is 66.7 Å². The summed E-state index contributed by atoms with van der Waals surface area (Å²) < 4.78 is 45.0. The Labute approximate surface area is 178 Å². The van der Waals surface area contributed by atoms with Crippen molar-refractivity contribution >= 4 is 5.97 Å². The first-order valence-electron chi connectivity index (χ1n) is 10.4. The fourth-order valence-electron chi connectivity index (χ4n) is 3.07. The minimum atomic E-state index is -2.99. The van der Waals surface area contributed by atoms with Gasteiger partial charge >= 0.3 is 12.0 Å². The second kappa shape index (κ2) is 9.23. The van der Waals surface area contributed by atoms with Crippen LogP contribution in [0.4, 0.5) is 0 Å². The number of methoxy groups -OCH3 is 3. The highest BCUT2D eigenvalue weighted by molar-refractivity contribution is 5.76. The largest absolute Gasteiger partial charge is 0.481 e. The van der Waals surface area contributed by atoms with Gasteiger partial charge in [0.05, 0.1) is 24.4 Å². The van der Waals surface area contributed by atoms with E-state index < -0.39 is 30.7 Å². The van der Waals surface area contributed by atoms with Crippen molar-refractivity contribution in [2.24, 2.45) is 0 Å². The maximum Gasteiger partial charge on any atom is 0.348 e. The van der Waals surface area contributed by atoms with Crippen molar-refractivity contribution in [3.8, 4) is 17.8 Å². The van der Waals surface area contributed by atoms with Crippen molar-refractivity contribution in [3.05, 3.63) is 77.9 Å². The summed E-state index contributed by atoms with van der Waals surface area (Å²) in [5, 5.41) is 10.2. The monoisotopic (exact) mass is 414 g/mol. The normalized spacial score (nSPS) is 14.0. The van der Waals surface area contributed by atoms with Gasteiger partial charge in [-0.25, -0.2) is 4.79 Å². The predicted octanol–water partition coefficient (Wildman–Crippen LogP) is 2.92. The molecule has 0 aliphatic rings. The lowest BCUT2D eigenvalue weighted by Gasteiger charge is -2.37. The average molecular weight is 414 g/mol. The predicted molar refractivity (Wildman–Crippen MR) is 108 cm³/mol. The number of aliphatic carboxylic acids is 1. The van der Waals surface area contributed by atoms with Crippen molar-refractivity contribution < 1.29 is 33.0 Å². The van der Waals surface area contributed by atoms with Gasteiger partial charge in [0.25, 0.3) is 0 Å². The fraction of sp³-hybridized carbons (Fsp3) is 0.227. The molecule has 8 nitrogen and oxygen atoms in total. The van der Waals surface area contributed by atoms with Gasteiger partial charge in [-0.2, -0.15) is 9.97 Å². The maximum atomic E-state index is 12.6. The van der Waals surface area contributed by atoms with Gasteiger partial charge in [0.1, 0.15) is 0 Å². The number of hydrogen-bond acceptors (Lipinski definition) is 7. The molecule has 3 aromatic rings. The number of ether oxygens (including phenoxy) is 4. The molecule has 8 heteroatoms. The van der Waals surface area contributed by atoms with E-state index in [9.17, 15) is 9.90 Å². The molecule has 0 radical (unpaired) electrons. The van der Waals surface area contributed by atoms with E-state index in [4.69, 9.17) is 23.1 Å². The molecule has 0 amide bonds. The van der Waals surface area contributed by atoms with Gasteiger partial charge in [0.2, 0.25) is 17.9 Å². The molecule has 0 spiro atoms. The van der Waals surface area contributed by atoms with Crippen molar-refractivity contribution in [2.75, 3.05) is 21.3 Å².